The summed E-state index contributed by atoms with van der Waals surface area (Å²) >= 11 is -0.116. The van der Waals surface area contributed by atoms with E-state index in [0.717, 1.165) is 16.6 Å². The Morgan fingerprint density at radius 3 is 2.76 bits per heavy atom. The number of anilines is 1. The molecule has 0 bridgehead atoms. The van der Waals surface area contributed by atoms with E-state index in [1.807, 2.05) is 48.5 Å². The SMILES string of the molecule is NC(Cc1ccccc1)C(=O)Nc1cccc2n[se]nc12. The average molecular weight is 345 g/mol. The first kappa shape index (κ1) is 13.9. The van der Waals surface area contributed by atoms with Crippen molar-refractivity contribution >= 4 is 37.6 Å². The molecule has 1 unspecified atom stereocenters. The second kappa shape index (κ2) is 6.18. The first-order valence-electron chi connectivity index (χ1n) is 6.55. The zero-order valence-corrected chi connectivity index (χ0v) is 12.9. The molecule has 1 amide bonds. The van der Waals surface area contributed by atoms with Gasteiger partial charge in [0.25, 0.3) is 0 Å². The molecule has 0 aliphatic heterocycles. The number of carbonyl (C=O) groups excluding carboxylic acids is 1. The van der Waals surface area contributed by atoms with Gasteiger partial charge in [-0.2, -0.15) is 0 Å². The van der Waals surface area contributed by atoms with Crippen LogP contribution >= 0.6 is 0 Å². The monoisotopic (exact) mass is 346 g/mol. The van der Waals surface area contributed by atoms with Crippen molar-refractivity contribution in [3.63, 3.8) is 0 Å². The number of carbonyl (C=O) groups is 1. The van der Waals surface area contributed by atoms with E-state index in [9.17, 15) is 4.79 Å². The zero-order chi connectivity index (χ0) is 14.7. The van der Waals surface area contributed by atoms with Crippen molar-refractivity contribution in [3.8, 4) is 0 Å². The predicted octanol–water partition coefficient (Wildman–Crippen LogP) is 1.20. The van der Waals surface area contributed by atoms with Gasteiger partial charge >= 0.3 is 128 Å². The van der Waals surface area contributed by atoms with Crippen molar-refractivity contribution in [3.05, 3.63) is 54.1 Å². The predicted molar refractivity (Wildman–Crippen MR) is 83.2 cm³/mol. The minimum absolute atomic E-state index is 0.116. The van der Waals surface area contributed by atoms with Crippen LogP contribution in [0, 0.1) is 0 Å². The standard InChI is InChI=1S/C15H14N4OSe/c16-11(9-10-5-2-1-3-6-10)15(20)17-12-7-4-8-13-14(12)19-21-18-13/h1-8,11H,9,16H2,(H,17,20). The summed E-state index contributed by atoms with van der Waals surface area (Å²) in [5, 5.41) is 2.85. The zero-order valence-electron chi connectivity index (χ0n) is 11.2. The quantitative estimate of drug-likeness (QED) is 0.696. The number of nitrogens with zero attached hydrogens (tertiary/aromatic N) is 2. The first-order chi connectivity index (χ1) is 10.2. The van der Waals surface area contributed by atoms with Crippen LogP contribution in [0.5, 0.6) is 0 Å². The third-order valence-electron chi connectivity index (χ3n) is 3.18. The summed E-state index contributed by atoms with van der Waals surface area (Å²) in [5.41, 5.74) is 9.31. The fourth-order valence-corrected chi connectivity index (χ4v) is 3.25. The van der Waals surface area contributed by atoms with Crippen LogP contribution < -0.4 is 11.1 Å². The Balaban J connectivity index is 1.72. The molecule has 2 aromatic carbocycles. The summed E-state index contributed by atoms with van der Waals surface area (Å²) < 4.78 is 8.63. The molecule has 1 atom stereocenters. The van der Waals surface area contributed by atoms with Crippen molar-refractivity contribution in [1.29, 1.82) is 0 Å². The molecule has 0 spiro atoms. The summed E-state index contributed by atoms with van der Waals surface area (Å²) in [6, 6.07) is 14.7. The molecule has 6 heteroatoms. The Morgan fingerprint density at radius 2 is 1.95 bits per heavy atom. The minimum atomic E-state index is -0.591. The fourth-order valence-electron chi connectivity index (χ4n) is 2.09. The second-order valence-electron chi connectivity index (χ2n) is 4.72. The molecular formula is C15H14N4OSe. The van der Waals surface area contributed by atoms with Crippen LogP contribution in [-0.4, -0.2) is 34.9 Å². The van der Waals surface area contributed by atoms with Gasteiger partial charge in [0.05, 0.1) is 0 Å². The number of amides is 1. The van der Waals surface area contributed by atoms with Gasteiger partial charge in [-0.3, -0.25) is 0 Å². The van der Waals surface area contributed by atoms with Crippen molar-refractivity contribution in [2.45, 2.75) is 12.5 Å². The molecule has 106 valence electrons. The van der Waals surface area contributed by atoms with Crippen LogP contribution in [0.4, 0.5) is 5.69 Å². The summed E-state index contributed by atoms with van der Waals surface area (Å²) in [6.45, 7) is 0. The normalized spacial score (nSPS) is 12.2. The van der Waals surface area contributed by atoms with E-state index in [-0.39, 0.29) is 20.9 Å². The van der Waals surface area contributed by atoms with E-state index in [1.54, 1.807) is 0 Å². The van der Waals surface area contributed by atoms with Gasteiger partial charge < -0.3 is 0 Å². The molecule has 1 heterocycles. The Morgan fingerprint density at radius 1 is 1.14 bits per heavy atom. The number of hydrogen-bond donors (Lipinski definition) is 2. The van der Waals surface area contributed by atoms with Crippen LogP contribution in [-0.2, 0) is 11.2 Å². The van der Waals surface area contributed by atoms with E-state index in [2.05, 4.69) is 13.3 Å². The van der Waals surface area contributed by atoms with Crippen LogP contribution in [0.25, 0.3) is 11.0 Å². The van der Waals surface area contributed by atoms with Crippen LogP contribution in [0.3, 0.4) is 0 Å². The second-order valence-corrected chi connectivity index (χ2v) is 5.83. The molecule has 0 saturated heterocycles. The molecule has 1 aromatic heterocycles. The first-order valence-corrected chi connectivity index (χ1v) is 8.09. The molecule has 3 N–H and O–H groups in total. The summed E-state index contributed by atoms with van der Waals surface area (Å²) in [5.74, 6) is -0.207. The molecular weight excluding hydrogens is 331 g/mol. The Kier molecular flexibility index (Phi) is 4.10. The van der Waals surface area contributed by atoms with Crippen molar-refractivity contribution in [2.75, 3.05) is 5.32 Å². The Bertz CT molecular complexity index is 756. The summed E-state index contributed by atoms with van der Waals surface area (Å²) in [4.78, 5) is 12.2. The Labute approximate surface area is 128 Å². The number of fused-ring (bicyclic) bond motifs is 1. The number of rotatable bonds is 4. The van der Waals surface area contributed by atoms with Crippen LogP contribution in [0.2, 0.25) is 0 Å². The van der Waals surface area contributed by atoms with Crippen LogP contribution in [0.15, 0.2) is 48.5 Å². The van der Waals surface area contributed by atoms with E-state index < -0.39 is 6.04 Å². The van der Waals surface area contributed by atoms with E-state index in [4.69, 9.17) is 5.73 Å². The number of nitrogens with one attached hydrogen (secondary N) is 1. The van der Waals surface area contributed by atoms with E-state index >= 15 is 0 Å². The van der Waals surface area contributed by atoms with Gasteiger partial charge in [0, 0.05) is 0 Å². The maximum atomic E-state index is 12.2. The van der Waals surface area contributed by atoms with Crippen molar-refractivity contribution in [2.24, 2.45) is 5.73 Å². The molecule has 21 heavy (non-hydrogen) atoms. The molecule has 3 aromatic rings. The fraction of sp³-hybridized carbons (Fsp3) is 0.133. The van der Waals surface area contributed by atoms with Crippen molar-refractivity contribution < 1.29 is 4.79 Å². The molecule has 3 rings (SSSR count). The number of aromatic nitrogens is 2. The number of nitrogens with two attached hydrogens (primary N) is 1. The molecule has 5 nitrogen and oxygen atoms in total. The van der Waals surface area contributed by atoms with Gasteiger partial charge in [-0.15, -0.1) is 0 Å². The number of benzene rings is 2. The third kappa shape index (κ3) is 3.19. The van der Waals surface area contributed by atoms with Crippen molar-refractivity contribution in [1.82, 2.24) is 7.96 Å². The number of hydrogen-bond acceptors (Lipinski definition) is 4. The topological polar surface area (TPSA) is 80.9 Å². The average Bonchev–Trinajstić information content (AvgIpc) is 2.98. The molecule has 0 radical (unpaired) electrons. The van der Waals surface area contributed by atoms with Gasteiger partial charge in [-0.05, 0) is 0 Å². The van der Waals surface area contributed by atoms with Crippen LogP contribution in [0.1, 0.15) is 5.56 Å². The molecule has 0 fully saturated rings. The maximum absolute atomic E-state index is 12.2. The van der Waals surface area contributed by atoms with E-state index in [0.29, 0.717) is 12.1 Å². The molecule has 0 saturated carbocycles. The van der Waals surface area contributed by atoms with E-state index in [1.165, 1.54) is 0 Å². The van der Waals surface area contributed by atoms with Gasteiger partial charge in [0.2, 0.25) is 0 Å². The Hall–Kier alpha value is -2.01. The third-order valence-corrected chi connectivity index (χ3v) is 4.32. The van der Waals surface area contributed by atoms with Gasteiger partial charge in [-0.25, -0.2) is 0 Å². The molecule has 0 aliphatic carbocycles. The van der Waals surface area contributed by atoms with Gasteiger partial charge in [0.15, 0.2) is 0 Å². The van der Waals surface area contributed by atoms with Gasteiger partial charge in [0.1, 0.15) is 0 Å². The molecule has 0 aliphatic rings. The van der Waals surface area contributed by atoms with Gasteiger partial charge in [-0.1, -0.05) is 0 Å². The summed E-state index contributed by atoms with van der Waals surface area (Å²) in [6.07, 6.45) is 0.507. The summed E-state index contributed by atoms with van der Waals surface area (Å²) in [7, 11) is 0.